The Morgan fingerprint density at radius 1 is 1.25 bits per heavy atom. The van der Waals surface area contributed by atoms with Crippen molar-refractivity contribution < 1.29 is 24.0 Å². The minimum Gasteiger partial charge on any atom is -0.467 e. The van der Waals surface area contributed by atoms with E-state index in [1.165, 1.54) is 12.1 Å². The molecule has 1 N–H and O–H groups in total. The van der Waals surface area contributed by atoms with E-state index in [-0.39, 0.29) is 11.3 Å². The van der Waals surface area contributed by atoms with E-state index in [9.17, 15) is 24.5 Å². The monoisotopic (exact) mass is 280 g/mol. The van der Waals surface area contributed by atoms with Crippen LogP contribution in [0.1, 0.15) is 17.3 Å². The SMILES string of the molecule is COC(=O)C(NC(=O)c1ccc([N+](=O)[O-])cc1)C(C)=O. The van der Waals surface area contributed by atoms with Crippen LogP contribution in [0, 0.1) is 10.1 Å². The number of amides is 1. The van der Waals surface area contributed by atoms with Gasteiger partial charge in [0.1, 0.15) is 0 Å². The minimum atomic E-state index is -1.40. The van der Waals surface area contributed by atoms with Gasteiger partial charge >= 0.3 is 5.97 Å². The van der Waals surface area contributed by atoms with Crippen LogP contribution in [0.4, 0.5) is 5.69 Å². The van der Waals surface area contributed by atoms with Crippen molar-refractivity contribution in [1.29, 1.82) is 0 Å². The summed E-state index contributed by atoms with van der Waals surface area (Å²) in [7, 11) is 1.09. The summed E-state index contributed by atoms with van der Waals surface area (Å²) >= 11 is 0. The summed E-state index contributed by atoms with van der Waals surface area (Å²) in [4.78, 5) is 44.3. The fraction of sp³-hybridized carbons (Fsp3) is 0.250. The molecule has 0 bridgehead atoms. The largest absolute Gasteiger partial charge is 0.467 e. The molecule has 0 aliphatic rings. The predicted octanol–water partition coefficient (Wildman–Crippen LogP) is 0.455. The Labute approximate surface area is 113 Å². The first kappa shape index (κ1) is 15.3. The van der Waals surface area contributed by atoms with Crippen LogP contribution in [0.5, 0.6) is 0 Å². The third-order valence-corrected chi connectivity index (χ3v) is 2.46. The first-order valence-corrected chi connectivity index (χ1v) is 5.50. The van der Waals surface area contributed by atoms with Crippen molar-refractivity contribution in [2.24, 2.45) is 0 Å². The molecule has 1 rings (SSSR count). The number of benzene rings is 1. The molecule has 0 fully saturated rings. The van der Waals surface area contributed by atoms with Crippen LogP contribution in [-0.2, 0) is 14.3 Å². The van der Waals surface area contributed by atoms with E-state index in [2.05, 4.69) is 10.1 Å². The van der Waals surface area contributed by atoms with Crippen molar-refractivity contribution in [2.75, 3.05) is 7.11 Å². The van der Waals surface area contributed by atoms with E-state index in [1.54, 1.807) is 0 Å². The average Bonchev–Trinajstić information content (AvgIpc) is 2.43. The highest BCUT2D eigenvalue weighted by Crippen LogP contribution is 2.12. The molecule has 1 aromatic carbocycles. The first-order chi connectivity index (χ1) is 9.36. The number of carbonyl (C=O) groups is 3. The molecule has 8 nitrogen and oxygen atoms in total. The minimum absolute atomic E-state index is 0.0887. The number of hydrogen-bond acceptors (Lipinski definition) is 6. The molecule has 1 aromatic rings. The molecule has 1 unspecified atom stereocenters. The summed E-state index contributed by atoms with van der Waals surface area (Å²) in [5.74, 6) is -2.16. The number of rotatable bonds is 5. The van der Waals surface area contributed by atoms with Crippen molar-refractivity contribution in [3.05, 3.63) is 39.9 Å². The van der Waals surface area contributed by atoms with Gasteiger partial charge in [0, 0.05) is 17.7 Å². The van der Waals surface area contributed by atoms with E-state index in [1.807, 2.05) is 0 Å². The third-order valence-electron chi connectivity index (χ3n) is 2.46. The number of nitro groups is 1. The molecule has 0 aliphatic carbocycles. The molecule has 1 amide bonds. The quantitative estimate of drug-likeness (QED) is 0.362. The summed E-state index contributed by atoms with van der Waals surface area (Å²) in [6, 6.07) is 3.35. The van der Waals surface area contributed by atoms with Gasteiger partial charge in [-0.3, -0.25) is 19.7 Å². The van der Waals surface area contributed by atoms with E-state index in [4.69, 9.17) is 0 Å². The van der Waals surface area contributed by atoms with Gasteiger partial charge in [0.25, 0.3) is 11.6 Å². The Morgan fingerprint density at radius 3 is 2.20 bits per heavy atom. The lowest BCUT2D eigenvalue weighted by atomic mass is 10.1. The summed E-state index contributed by atoms with van der Waals surface area (Å²) < 4.78 is 4.40. The topological polar surface area (TPSA) is 116 Å². The third kappa shape index (κ3) is 3.61. The van der Waals surface area contributed by atoms with E-state index >= 15 is 0 Å². The Kier molecular flexibility index (Phi) is 4.90. The number of carbonyl (C=O) groups excluding carboxylic acids is 3. The standard InChI is InChI=1S/C12H12N2O6/c1-7(15)10(12(17)20-2)13-11(16)8-3-5-9(6-4-8)14(18)19/h3-6,10H,1-2H3,(H,13,16). The molecule has 0 spiro atoms. The maximum atomic E-state index is 11.8. The first-order valence-electron chi connectivity index (χ1n) is 5.50. The predicted molar refractivity (Wildman–Crippen MR) is 67.0 cm³/mol. The number of nitro benzene ring substituents is 1. The summed E-state index contributed by atoms with van der Waals surface area (Å²) in [6.07, 6.45) is 0. The molecule has 20 heavy (non-hydrogen) atoms. The van der Waals surface area contributed by atoms with Crippen LogP contribution < -0.4 is 5.32 Å². The van der Waals surface area contributed by atoms with Crippen LogP contribution in [0.3, 0.4) is 0 Å². The normalized spacial score (nSPS) is 11.3. The van der Waals surface area contributed by atoms with Crippen LogP contribution in [0.2, 0.25) is 0 Å². The van der Waals surface area contributed by atoms with Gasteiger partial charge in [-0.05, 0) is 19.1 Å². The number of non-ortho nitro benzene ring substituents is 1. The Morgan fingerprint density at radius 2 is 1.80 bits per heavy atom. The molecule has 0 saturated heterocycles. The maximum Gasteiger partial charge on any atom is 0.336 e. The lowest BCUT2D eigenvalue weighted by Gasteiger charge is -2.13. The van der Waals surface area contributed by atoms with E-state index in [0.717, 1.165) is 26.2 Å². The molecule has 8 heteroatoms. The number of nitrogens with one attached hydrogen (secondary N) is 1. The lowest BCUT2D eigenvalue weighted by molar-refractivity contribution is -0.384. The van der Waals surface area contributed by atoms with Gasteiger partial charge in [-0.25, -0.2) is 4.79 Å². The smallest absolute Gasteiger partial charge is 0.336 e. The van der Waals surface area contributed by atoms with Gasteiger partial charge in [-0.1, -0.05) is 0 Å². The highest BCUT2D eigenvalue weighted by molar-refractivity contribution is 6.07. The van der Waals surface area contributed by atoms with Gasteiger partial charge in [-0.2, -0.15) is 0 Å². The zero-order chi connectivity index (χ0) is 15.3. The number of ketones is 1. The highest BCUT2D eigenvalue weighted by atomic mass is 16.6. The second-order valence-corrected chi connectivity index (χ2v) is 3.84. The molecule has 0 saturated carbocycles. The van der Waals surface area contributed by atoms with Gasteiger partial charge < -0.3 is 10.1 Å². The molecule has 0 aromatic heterocycles. The van der Waals surface area contributed by atoms with Crippen molar-refractivity contribution in [1.82, 2.24) is 5.32 Å². The second-order valence-electron chi connectivity index (χ2n) is 3.84. The van der Waals surface area contributed by atoms with Crippen molar-refractivity contribution in [3.63, 3.8) is 0 Å². The Balaban J connectivity index is 2.86. The molecular weight excluding hydrogens is 268 g/mol. The zero-order valence-corrected chi connectivity index (χ0v) is 10.8. The van der Waals surface area contributed by atoms with Gasteiger partial charge in [0.2, 0.25) is 0 Å². The van der Waals surface area contributed by atoms with Crippen LogP contribution in [0.15, 0.2) is 24.3 Å². The maximum absolute atomic E-state index is 11.8. The summed E-state index contributed by atoms with van der Waals surface area (Å²) in [5.41, 5.74) is -0.0802. The van der Waals surface area contributed by atoms with Crippen LogP contribution in [0.25, 0.3) is 0 Å². The Bertz CT molecular complexity index is 552. The number of ether oxygens (including phenoxy) is 1. The molecule has 106 valence electrons. The molecular formula is C12H12N2O6. The fourth-order valence-electron chi connectivity index (χ4n) is 1.39. The fourth-order valence-corrected chi connectivity index (χ4v) is 1.39. The molecule has 1 atom stereocenters. The Hall–Kier alpha value is -2.77. The average molecular weight is 280 g/mol. The number of Topliss-reactive ketones (excluding diaryl/α,β-unsaturated/α-hetero) is 1. The number of nitrogens with zero attached hydrogens (tertiary/aromatic N) is 1. The summed E-state index contributed by atoms with van der Waals surface area (Å²) in [5, 5.41) is 12.7. The number of esters is 1. The number of methoxy groups -OCH3 is 1. The van der Waals surface area contributed by atoms with Gasteiger partial charge in [0.15, 0.2) is 11.8 Å². The molecule has 0 heterocycles. The van der Waals surface area contributed by atoms with E-state index in [0.29, 0.717) is 0 Å². The lowest BCUT2D eigenvalue weighted by Crippen LogP contribution is -2.46. The molecule has 0 aliphatic heterocycles. The van der Waals surface area contributed by atoms with Crippen molar-refractivity contribution >= 4 is 23.3 Å². The zero-order valence-electron chi connectivity index (χ0n) is 10.8. The van der Waals surface area contributed by atoms with E-state index < -0.39 is 28.6 Å². The summed E-state index contributed by atoms with van der Waals surface area (Å²) in [6.45, 7) is 1.14. The van der Waals surface area contributed by atoms with Gasteiger partial charge in [0.05, 0.1) is 12.0 Å². The molecule has 0 radical (unpaired) electrons. The highest BCUT2D eigenvalue weighted by Gasteiger charge is 2.26. The van der Waals surface area contributed by atoms with Crippen LogP contribution in [-0.4, -0.2) is 35.7 Å². The second kappa shape index (κ2) is 6.41. The number of hydrogen-bond donors (Lipinski definition) is 1. The van der Waals surface area contributed by atoms with Crippen molar-refractivity contribution in [2.45, 2.75) is 13.0 Å². The van der Waals surface area contributed by atoms with Crippen molar-refractivity contribution in [3.8, 4) is 0 Å². The van der Waals surface area contributed by atoms with Gasteiger partial charge in [-0.15, -0.1) is 0 Å². The van der Waals surface area contributed by atoms with Crippen LogP contribution >= 0.6 is 0 Å².